The van der Waals surface area contributed by atoms with E-state index in [0.717, 1.165) is 19.3 Å². The van der Waals surface area contributed by atoms with Crippen LogP contribution in [0.25, 0.3) is 0 Å². The normalized spacial score (nSPS) is 15.8. The van der Waals surface area contributed by atoms with Gasteiger partial charge in [0.2, 0.25) is 0 Å². The minimum Gasteiger partial charge on any atom is -0.452 e. The number of carbonyl (C=O) groups is 2. The molecule has 0 heterocycles. The van der Waals surface area contributed by atoms with Crippen LogP contribution in [0, 0.1) is 0 Å². The highest BCUT2D eigenvalue weighted by molar-refractivity contribution is 5.91. The summed E-state index contributed by atoms with van der Waals surface area (Å²) >= 11 is 0. The summed E-state index contributed by atoms with van der Waals surface area (Å²) in [6.45, 7) is 0.176. The molecule has 0 aromatic heterocycles. The number of amides is 1. The Labute approximate surface area is 153 Å². The number of esters is 1. The smallest absolute Gasteiger partial charge is 0.338 e. The number of nitrogens with one attached hydrogen (secondary N) is 1. The lowest BCUT2D eigenvalue weighted by Crippen LogP contribution is -2.33. The second kappa shape index (κ2) is 8.63. The van der Waals surface area contributed by atoms with Crippen LogP contribution in [-0.2, 0) is 22.6 Å². The van der Waals surface area contributed by atoms with Gasteiger partial charge in [-0.15, -0.1) is 0 Å². The van der Waals surface area contributed by atoms with Crippen molar-refractivity contribution in [1.82, 2.24) is 5.32 Å². The first kappa shape index (κ1) is 18.1. The number of hydrogen-bond acceptors (Lipinski definition) is 4. The third-order valence-electron chi connectivity index (χ3n) is 4.75. The van der Waals surface area contributed by atoms with Crippen molar-refractivity contribution in [2.75, 3.05) is 13.2 Å². The molecule has 1 aliphatic carbocycles. The van der Waals surface area contributed by atoms with Gasteiger partial charge in [0, 0.05) is 12.5 Å². The van der Waals surface area contributed by atoms with Gasteiger partial charge in [-0.2, -0.15) is 0 Å². The summed E-state index contributed by atoms with van der Waals surface area (Å²) in [5.41, 5.74) is 3.74. The molecule has 0 bridgehead atoms. The molecule has 0 spiro atoms. The second-order valence-electron chi connectivity index (χ2n) is 6.52. The molecule has 0 fully saturated rings. The van der Waals surface area contributed by atoms with Gasteiger partial charge < -0.3 is 15.2 Å². The van der Waals surface area contributed by atoms with Crippen LogP contribution in [0.5, 0.6) is 0 Å². The Morgan fingerprint density at radius 1 is 1.12 bits per heavy atom. The Morgan fingerprint density at radius 2 is 1.88 bits per heavy atom. The van der Waals surface area contributed by atoms with E-state index in [1.54, 1.807) is 24.3 Å². The quantitative estimate of drug-likeness (QED) is 0.783. The number of ether oxygens (including phenoxy) is 1. The molecule has 2 aromatic carbocycles. The van der Waals surface area contributed by atoms with Crippen LogP contribution < -0.4 is 5.32 Å². The average molecular weight is 353 g/mol. The SMILES string of the molecule is O=C(COC(=O)c1ccc(CO)cc1)NC[C@H]1CCCc2ccccc21. The molecular formula is C21H23NO4. The number of aryl methyl sites for hydroxylation is 1. The molecule has 3 rings (SSSR count). The molecule has 0 saturated carbocycles. The number of rotatable bonds is 6. The van der Waals surface area contributed by atoms with E-state index in [1.807, 2.05) is 12.1 Å². The summed E-state index contributed by atoms with van der Waals surface area (Å²) in [4.78, 5) is 24.0. The van der Waals surface area contributed by atoms with E-state index in [0.29, 0.717) is 23.6 Å². The zero-order valence-corrected chi connectivity index (χ0v) is 14.6. The molecule has 1 aliphatic rings. The largest absolute Gasteiger partial charge is 0.452 e. The monoisotopic (exact) mass is 353 g/mol. The van der Waals surface area contributed by atoms with Crippen molar-refractivity contribution >= 4 is 11.9 Å². The first-order chi connectivity index (χ1) is 12.7. The van der Waals surface area contributed by atoms with Crippen LogP contribution in [0.2, 0.25) is 0 Å². The Balaban J connectivity index is 1.46. The second-order valence-corrected chi connectivity index (χ2v) is 6.52. The molecule has 1 amide bonds. The fourth-order valence-corrected chi connectivity index (χ4v) is 3.32. The number of hydrogen-bond donors (Lipinski definition) is 2. The molecule has 0 saturated heterocycles. The van der Waals surface area contributed by atoms with Gasteiger partial charge in [-0.05, 0) is 48.1 Å². The Hall–Kier alpha value is -2.66. The predicted octanol–water partition coefficient (Wildman–Crippen LogP) is 2.57. The lowest BCUT2D eigenvalue weighted by atomic mass is 9.83. The van der Waals surface area contributed by atoms with E-state index in [4.69, 9.17) is 9.84 Å². The van der Waals surface area contributed by atoms with Crippen molar-refractivity contribution in [3.8, 4) is 0 Å². The van der Waals surface area contributed by atoms with Gasteiger partial charge in [-0.25, -0.2) is 4.79 Å². The highest BCUT2D eigenvalue weighted by Crippen LogP contribution is 2.30. The Morgan fingerprint density at radius 3 is 2.65 bits per heavy atom. The summed E-state index contributed by atoms with van der Waals surface area (Å²) in [5, 5.41) is 11.9. The molecule has 1 atom stereocenters. The van der Waals surface area contributed by atoms with E-state index in [-0.39, 0.29) is 19.1 Å². The molecule has 0 radical (unpaired) electrons. The number of fused-ring (bicyclic) bond motifs is 1. The van der Waals surface area contributed by atoms with Crippen LogP contribution in [-0.4, -0.2) is 30.1 Å². The van der Waals surface area contributed by atoms with Gasteiger partial charge >= 0.3 is 5.97 Å². The standard InChI is InChI=1S/C21H23NO4/c23-13-15-8-10-17(11-9-15)21(25)26-14-20(24)22-12-18-6-3-5-16-4-1-2-7-19(16)18/h1-2,4,7-11,18,23H,3,5-6,12-14H2,(H,22,24)/t18-/m1/s1. The molecule has 2 aromatic rings. The highest BCUT2D eigenvalue weighted by Gasteiger charge is 2.20. The number of carbonyl (C=O) groups excluding carboxylic acids is 2. The maximum absolute atomic E-state index is 12.0. The van der Waals surface area contributed by atoms with Crippen molar-refractivity contribution in [1.29, 1.82) is 0 Å². The first-order valence-corrected chi connectivity index (χ1v) is 8.89. The van der Waals surface area contributed by atoms with Gasteiger partial charge in [0.1, 0.15) is 0 Å². The zero-order valence-electron chi connectivity index (χ0n) is 14.6. The van der Waals surface area contributed by atoms with Gasteiger partial charge in [0.15, 0.2) is 6.61 Å². The molecular weight excluding hydrogens is 330 g/mol. The lowest BCUT2D eigenvalue weighted by molar-refractivity contribution is -0.124. The molecule has 26 heavy (non-hydrogen) atoms. The minimum absolute atomic E-state index is 0.0813. The fraction of sp³-hybridized carbons (Fsp3) is 0.333. The summed E-state index contributed by atoms with van der Waals surface area (Å²) in [5.74, 6) is -0.535. The maximum Gasteiger partial charge on any atom is 0.338 e. The van der Waals surface area contributed by atoms with Crippen LogP contribution in [0.15, 0.2) is 48.5 Å². The summed E-state index contributed by atoms with van der Waals surface area (Å²) in [6, 6.07) is 14.8. The van der Waals surface area contributed by atoms with Gasteiger partial charge in [0.05, 0.1) is 12.2 Å². The Kier molecular flexibility index (Phi) is 6.02. The van der Waals surface area contributed by atoms with Crippen molar-refractivity contribution in [2.45, 2.75) is 31.8 Å². The van der Waals surface area contributed by atoms with Crippen LogP contribution in [0.4, 0.5) is 0 Å². The minimum atomic E-state index is -0.548. The third-order valence-corrected chi connectivity index (χ3v) is 4.75. The third kappa shape index (κ3) is 4.49. The van der Waals surface area contributed by atoms with Crippen molar-refractivity contribution in [3.05, 3.63) is 70.8 Å². The van der Waals surface area contributed by atoms with Crippen molar-refractivity contribution < 1.29 is 19.4 Å². The van der Waals surface area contributed by atoms with Gasteiger partial charge in [0.25, 0.3) is 5.91 Å². The Bertz CT molecular complexity index is 770. The number of aliphatic hydroxyl groups is 1. The van der Waals surface area contributed by atoms with E-state index in [1.165, 1.54) is 11.1 Å². The van der Waals surface area contributed by atoms with E-state index in [9.17, 15) is 9.59 Å². The lowest BCUT2D eigenvalue weighted by Gasteiger charge is -2.25. The highest BCUT2D eigenvalue weighted by atomic mass is 16.5. The number of aliphatic hydroxyl groups excluding tert-OH is 1. The summed E-state index contributed by atoms with van der Waals surface area (Å²) in [7, 11) is 0. The van der Waals surface area contributed by atoms with E-state index < -0.39 is 5.97 Å². The molecule has 5 nitrogen and oxygen atoms in total. The number of benzene rings is 2. The summed E-state index contributed by atoms with van der Waals surface area (Å²) in [6.07, 6.45) is 3.26. The molecule has 2 N–H and O–H groups in total. The predicted molar refractivity (Wildman–Crippen MR) is 97.8 cm³/mol. The van der Waals surface area contributed by atoms with Gasteiger partial charge in [-0.3, -0.25) is 4.79 Å². The molecule has 5 heteroatoms. The van der Waals surface area contributed by atoms with E-state index in [2.05, 4.69) is 17.4 Å². The first-order valence-electron chi connectivity index (χ1n) is 8.89. The van der Waals surface area contributed by atoms with Crippen LogP contribution >= 0.6 is 0 Å². The molecule has 0 aliphatic heterocycles. The summed E-state index contributed by atoms with van der Waals surface area (Å²) < 4.78 is 5.06. The molecule has 0 unspecified atom stereocenters. The van der Waals surface area contributed by atoms with E-state index >= 15 is 0 Å². The average Bonchev–Trinajstić information content (AvgIpc) is 2.70. The zero-order chi connectivity index (χ0) is 18.4. The van der Waals surface area contributed by atoms with Crippen molar-refractivity contribution in [2.24, 2.45) is 0 Å². The van der Waals surface area contributed by atoms with Crippen LogP contribution in [0.3, 0.4) is 0 Å². The van der Waals surface area contributed by atoms with Crippen LogP contribution in [0.1, 0.15) is 45.8 Å². The van der Waals surface area contributed by atoms with Crippen molar-refractivity contribution in [3.63, 3.8) is 0 Å². The molecule has 136 valence electrons. The van der Waals surface area contributed by atoms with Gasteiger partial charge in [-0.1, -0.05) is 36.4 Å². The topological polar surface area (TPSA) is 75.6 Å². The fourth-order valence-electron chi connectivity index (χ4n) is 3.32. The maximum atomic E-state index is 12.0.